The van der Waals surface area contributed by atoms with Crippen molar-refractivity contribution >= 4 is 33.1 Å². The average Bonchev–Trinajstić information content (AvgIpc) is 3.06. The molecule has 1 aromatic heterocycles. The van der Waals surface area contributed by atoms with E-state index in [1.54, 1.807) is 4.90 Å². The Morgan fingerprint density at radius 2 is 1.91 bits per heavy atom. The summed E-state index contributed by atoms with van der Waals surface area (Å²) in [5.41, 5.74) is -0.320. The van der Waals surface area contributed by atoms with E-state index in [2.05, 4.69) is 37.6 Å². The van der Waals surface area contributed by atoms with Crippen LogP contribution in [0.5, 0.6) is 0 Å². The first kappa shape index (κ1) is 24.6. The van der Waals surface area contributed by atoms with Crippen LogP contribution in [0.3, 0.4) is 0 Å². The predicted molar refractivity (Wildman–Crippen MR) is 119 cm³/mol. The molecule has 1 aromatic carbocycles. The van der Waals surface area contributed by atoms with Crippen molar-refractivity contribution in [3.05, 3.63) is 46.9 Å². The molecule has 1 saturated heterocycles. The molecule has 0 aliphatic carbocycles. The van der Waals surface area contributed by atoms with Gasteiger partial charge in [0.25, 0.3) is 10.0 Å². The van der Waals surface area contributed by atoms with Gasteiger partial charge >= 0.3 is 0 Å². The van der Waals surface area contributed by atoms with Gasteiger partial charge in [0.1, 0.15) is 16.7 Å². The Morgan fingerprint density at radius 3 is 2.50 bits per heavy atom. The highest BCUT2D eigenvalue weighted by atomic mass is 35.5. The molecule has 1 unspecified atom stereocenters. The maximum Gasteiger partial charge on any atom is 0.268 e. The van der Waals surface area contributed by atoms with Crippen molar-refractivity contribution < 1.29 is 21.6 Å². The number of rotatable bonds is 5. The molecule has 1 fully saturated rings. The third kappa shape index (κ3) is 4.67. The van der Waals surface area contributed by atoms with Crippen molar-refractivity contribution in [2.24, 2.45) is 0 Å². The number of hydrogen-bond donors (Lipinski definition) is 1. The maximum atomic E-state index is 15.1. The molecule has 0 bridgehead atoms. The largest absolute Gasteiger partial charge is 0.368 e. The lowest BCUT2D eigenvalue weighted by Gasteiger charge is -2.44. The van der Waals surface area contributed by atoms with Crippen LogP contribution in [0.25, 0.3) is 0 Å². The SMILES string of the molecule is CN(C(C)(C)C)C1(C)CCN(c2cc(F)c(S(=O)(=O)Nc3cccc(F)n3)c(F)c2Cl)C1. The topological polar surface area (TPSA) is 65.5 Å². The van der Waals surface area contributed by atoms with E-state index in [9.17, 15) is 17.2 Å². The van der Waals surface area contributed by atoms with Gasteiger partial charge in [-0.05, 0) is 53.3 Å². The quantitative estimate of drug-likeness (QED) is 0.488. The third-order valence-corrected chi connectivity index (χ3v) is 7.68. The molecule has 32 heavy (non-hydrogen) atoms. The second kappa shape index (κ2) is 8.39. The Hall–Kier alpha value is -2.04. The summed E-state index contributed by atoms with van der Waals surface area (Å²) in [4.78, 5) is 6.05. The molecule has 2 aromatic rings. The number of pyridine rings is 1. The molecule has 0 amide bonds. The minimum Gasteiger partial charge on any atom is -0.368 e. The van der Waals surface area contributed by atoms with E-state index < -0.39 is 43.3 Å². The molecule has 0 radical (unpaired) electrons. The summed E-state index contributed by atoms with van der Waals surface area (Å²) in [6.07, 6.45) is 0.729. The van der Waals surface area contributed by atoms with Crippen LogP contribution in [-0.2, 0) is 10.0 Å². The van der Waals surface area contributed by atoms with E-state index in [1.165, 1.54) is 6.07 Å². The van der Waals surface area contributed by atoms with Crippen LogP contribution in [0.2, 0.25) is 5.02 Å². The lowest BCUT2D eigenvalue weighted by Crippen LogP contribution is -2.54. The Balaban J connectivity index is 1.95. The van der Waals surface area contributed by atoms with Gasteiger partial charge in [-0.25, -0.2) is 22.2 Å². The first-order chi connectivity index (χ1) is 14.7. The molecule has 1 N–H and O–H groups in total. The summed E-state index contributed by atoms with van der Waals surface area (Å²) in [6, 6.07) is 4.29. The summed E-state index contributed by atoms with van der Waals surface area (Å²) < 4.78 is 70.3. The molecule has 3 rings (SSSR count). The summed E-state index contributed by atoms with van der Waals surface area (Å²) in [5, 5.41) is -0.498. The monoisotopic (exact) mass is 490 g/mol. The van der Waals surface area contributed by atoms with Crippen LogP contribution in [-0.4, -0.2) is 49.5 Å². The second-order valence-corrected chi connectivity index (χ2v) is 11.2. The summed E-state index contributed by atoms with van der Waals surface area (Å²) in [6.45, 7) is 9.24. The minimum atomic E-state index is -4.75. The zero-order valence-corrected chi connectivity index (χ0v) is 20.1. The minimum absolute atomic E-state index is 0.0792. The smallest absolute Gasteiger partial charge is 0.268 e. The van der Waals surface area contributed by atoms with Gasteiger partial charge in [0.05, 0.1) is 5.69 Å². The lowest BCUT2D eigenvalue weighted by molar-refractivity contribution is 0.0589. The fraction of sp³-hybridized carbons (Fsp3) is 0.476. The number of hydrogen-bond acceptors (Lipinski definition) is 5. The number of sulfonamides is 1. The zero-order valence-electron chi connectivity index (χ0n) is 18.5. The van der Waals surface area contributed by atoms with Crippen LogP contribution in [0.4, 0.5) is 24.7 Å². The predicted octanol–water partition coefficient (Wildman–Crippen LogP) is 4.65. The highest BCUT2D eigenvalue weighted by molar-refractivity contribution is 7.92. The first-order valence-corrected chi connectivity index (χ1v) is 11.8. The summed E-state index contributed by atoms with van der Waals surface area (Å²) >= 11 is 6.18. The van der Waals surface area contributed by atoms with E-state index in [1.807, 2.05) is 11.8 Å². The Bertz CT molecular complexity index is 1140. The fourth-order valence-electron chi connectivity index (χ4n) is 3.93. The molecule has 11 heteroatoms. The van der Waals surface area contributed by atoms with Crippen LogP contribution in [0, 0.1) is 17.6 Å². The van der Waals surface area contributed by atoms with E-state index in [0.717, 1.165) is 24.6 Å². The number of aromatic nitrogens is 1. The summed E-state index contributed by atoms with van der Waals surface area (Å²) in [5.74, 6) is -4.08. The van der Waals surface area contributed by atoms with Crippen LogP contribution in [0.15, 0.2) is 29.2 Å². The normalized spacial score (nSPS) is 19.6. The number of halogens is 4. The van der Waals surface area contributed by atoms with Gasteiger partial charge < -0.3 is 4.90 Å². The second-order valence-electron chi connectivity index (χ2n) is 9.18. The fourth-order valence-corrected chi connectivity index (χ4v) is 5.40. The molecule has 2 heterocycles. The van der Waals surface area contributed by atoms with Gasteiger partial charge in [-0.1, -0.05) is 17.7 Å². The Morgan fingerprint density at radius 1 is 1.25 bits per heavy atom. The van der Waals surface area contributed by atoms with Gasteiger partial charge in [0, 0.05) is 30.2 Å². The molecule has 1 atom stereocenters. The van der Waals surface area contributed by atoms with Crippen LogP contribution in [0.1, 0.15) is 34.1 Å². The molecule has 6 nitrogen and oxygen atoms in total. The number of nitrogens with zero attached hydrogens (tertiary/aromatic N) is 3. The van der Waals surface area contributed by atoms with Crippen molar-refractivity contribution in [2.75, 3.05) is 29.8 Å². The average molecular weight is 491 g/mol. The maximum absolute atomic E-state index is 15.1. The van der Waals surface area contributed by atoms with E-state index in [-0.39, 0.29) is 16.8 Å². The van der Waals surface area contributed by atoms with E-state index >= 15 is 4.39 Å². The van der Waals surface area contributed by atoms with Gasteiger partial charge in [0.15, 0.2) is 10.7 Å². The first-order valence-electron chi connectivity index (χ1n) is 9.97. The standard InChI is InChI=1S/C21H26ClF3N4O2S/c1-20(2,3)28(5)21(4)9-10-29(12-21)14-11-13(23)19(18(25)17(14)22)32(30,31)27-16-8-6-7-15(24)26-16/h6-8,11H,9-10,12H2,1-5H3,(H,26,27). The Kier molecular flexibility index (Phi) is 6.45. The van der Waals surface area contributed by atoms with Crippen molar-refractivity contribution in [2.45, 2.75) is 50.1 Å². The lowest BCUT2D eigenvalue weighted by atomic mass is 9.93. The molecule has 1 aliphatic rings. The summed E-state index contributed by atoms with van der Waals surface area (Å²) in [7, 11) is -2.76. The van der Waals surface area contributed by atoms with Crippen molar-refractivity contribution in [3.8, 4) is 0 Å². The molecule has 0 saturated carbocycles. The number of nitrogens with one attached hydrogen (secondary N) is 1. The van der Waals surface area contributed by atoms with Crippen molar-refractivity contribution in [1.29, 1.82) is 0 Å². The molecular weight excluding hydrogens is 465 g/mol. The zero-order chi connectivity index (χ0) is 24.1. The van der Waals surface area contributed by atoms with Crippen molar-refractivity contribution in [1.82, 2.24) is 9.88 Å². The van der Waals surface area contributed by atoms with Gasteiger partial charge in [0.2, 0.25) is 5.95 Å². The molecular formula is C21H26ClF3N4O2S. The van der Waals surface area contributed by atoms with Crippen LogP contribution >= 0.6 is 11.6 Å². The molecule has 176 valence electrons. The number of anilines is 2. The highest BCUT2D eigenvalue weighted by Gasteiger charge is 2.42. The number of benzene rings is 1. The van der Waals surface area contributed by atoms with Crippen LogP contribution < -0.4 is 9.62 Å². The van der Waals surface area contributed by atoms with Crippen molar-refractivity contribution in [3.63, 3.8) is 0 Å². The highest BCUT2D eigenvalue weighted by Crippen LogP contribution is 2.40. The van der Waals surface area contributed by atoms with E-state index in [4.69, 9.17) is 11.6 Å². The Labute approximate surface area is 191 Å². The van der Waals surface area contributed by atoms with Gasteiger partial charge in [-0.15, -0.1) is 0 Å². The van der Waals surface area contributed by atoms with Gasteiger partial charge in [-0.2, -0.15) is 4.39 Å². The molecule has 0 spiro atoms. The van der Waals surface area contributed by atoms with Gasteiger partial charge in [-0.3, -0.25) is 9.62 Å². The number of likely N-dealkylation sites (N-methyl/N-ethyl adjacent to an activating group) is 1. The third-order valence-electron chi connectivity index (χ3n) is 5.93. The van der Waals surface area contributed by atoms with E-state index in [0.29, 0.717) is 13.1 Å². The molecule has 1 aliphatic heterocycles.